The number of aliphatic hydroxyl groups is 1. The lowest BCUT2D eigenvalue weighted by atomic mass is 9.76. The zero-order valence-electron chi connectivity index (χ0n) is 20.5. The van der Waals surface area contributed by atoms with Crippen LogP contribution in [0.25, 0.3) is 0 Å². The van der Waals surface area contributed by atoms with Gasteiger partial charge in [0.25, 0.3) is 0 Å². The van der Waals surface area contributed by atoms with Crippen molar-refractivity contribution in [3.63, 3.8) is 0 Å². The predicted octanol–water partition coefficient (Wildman–Crippen LogP) is 5.57. The van der Waals surface area contributed by atoms with E-state index in [0.29, 0.717) is 18.3 Å². The van der Waals surface area contributed by atoms with Crippen LogP contribution in [0.3, 0.4) is 0 Å². The summed E-state index contributed by atoms with van der Waals surface area (Å²) < 4.78 is 11.9. The van der Waals surface area contributed by atoms with Gasteiger partial charge >= 0.3 is 0 Å². The quantitative estimate of drug-likeness (QED) is 0.279. The van der Waals surface area contributed by atoms with Gasteiger partial charge < -0.3 is 14.3 Å². The van der Waals surface area contributed by atoms with E-state index >= 15 is 0 Å². The Bertz CT molecular complexity index is 1240. The van der Waals surface area contributed by atoms with Gasteiger partial charge in [0, 0.05) is 0 Å². The topological polar surface area (TPSA) is 58.0 Å². The number of rotatable bonds is 7. The Morgan fingerprint density at radius 3 is 1.78 bits per heavy atom. The highest BCUT2D eigenvalue weighted by Gasteiger charge is 2.66. The molecule has 1 saturated heterocycles. The van der Waals surface area contributed by atoms with Crippen molar-refractivity contribution in [1.29, 1.82) is 0 Å². The van der Waals surface area contributed by atoms with Crippen molar-refractivity contribution >= 4 is 5.90 Å². The molecule has 1 unspecified atom stereocenters. The SMILES string of the molecule is CC1(C)COC([C@@H]2[C@H]([C@@H](O)c3ccco3)N2C(c2ccccc2)(c2ccccc2)c2ccccc2)=N1. The van der Waals surface area contributed by atoms with Gasteiger partial charge in [0.05, 0.1) is 23.4 Å². The number of hydrogen-bond acceptors (Lipinski definition) is 5. The minimum Gasteiger partial charge on any atom is -0.477 e. The van der Waals surface area contributed by atoms with E-state index in [-0.39, 0.29) is 17.6 Å². The zero-order valence-corrected chi connectivity index (χ0v) is 20.5. The molecule has 6 rings (SSSR count). The van der Waals surface area contributed by atoms with Crippen molar-refractivity contribution in [3.8, 4) is 0 Å². The van der Waals surface area contributed by atoms with E-state index in [1.54, 1.807) is 6.26 Å². The largest absolute Gasteiger partial charge is 0.477 e. The highest BCUT2D eigenvalue weighted by molar-refractivity contribution is 5.88. The third-order valence-electron chi connectivity index (χ3n) is 7.21. The lowest BCUT2D eigenvalue weighted by molar-refractivity contribution is 0.119. The molecule has 4 aromatic rings. The van der Waals surface area contributed by atoms with Gasteiger partial charge in [0.2, 0.25) is 5.90 Å². The van der Waals surface area contributed by atoms with E-state index in [1.165, 1.54) is 0 Å². The second-order valence-corrected chi connectivity index (χ2v) is 10.2. The maximum Gasteiger partial charge on any atom is 0.203 e. The molecule has 0 aliphatic carbocycles. The van der Waals surface area contributed by atoms with E-state index < -0.39 is 11.6 Å². The number of benzene rings is 3. The van der Waals surface area contributed by atoms with Crippen molar-refractivity contribution in [2.75, 3.05) is 6.61 Å². The maximum absolute atomic E-state index is 11.6. The molecule has 1 N–H and O–H groups in total. The smallest absolute Gasteiger partial charge is 0.203 e. The summed E-state index contributed by atoms with van der Waals surface area (Å²) in [5.41, 5.74) is 2.34. The fraction of sp³-hybridized carbons (Fsp3) is 0.258. The van der Waals surface area contributed by atoms with Crippen LogP contribution in [0, 0.1) is 0 Å². The van der Waals surface area contributed by atoms with Crippen molar-refractivity contribution in [2.45, 2.75) is 43.1 Å². The number of hydrogen-bond donors (Lipinski definition) is 1. The summed E-state index contributed by atoms with van der Waals surface area (Å²) in [6.07, 6.45) is 0.752. The van der Waals surface area contributed by atoms with E-state index in [2.05, 4.69) is 91.5 Å². The lowest BCUT2D eigenvalue weighted by Gasteiger charge is -2.39. The molecule has 4 atom stereocenters. The Morgan fingerprint density at radius 1 is 0.833 bits per heavy atom. The molecule has 5 nitrogen and oxygen atoms in total. The van der Waals surface area contributed by atoms with Crippen molar-refractivity contribution in [2.24, 2.45) is 4.99 Å². The maximum atomic E-state index is 11.6. The fourth-order valence-electron chi connectivity index (χ4n) is 5.65. The normalized spacial score (nSPS) is 23.5. The van der Waals surface area contributed by atoms with Crippen LogP contribution in [0.15, 0.2) is 119 Å². The van der Waals surface area contributed by atoms with Gasteiger partial charge in [0.1, 0.15) is 24.5 Å². The predicted molar refractivity (Wildman–Crippen MR) is 140 cm³/mol. The standard InChI is InChI=1S/C31H30N2O3/c1-30(2)21-36-29(32-30)27-26(28(34)25-19-12-20-35-25)33(27)31(22-13-6-3-7-14-22,23-15-8-4-9-16-23)24-17-10-5-11-18-24/h3-20,26-28,34H,21H2,1-2H3/t26-,27+,28+,33?/m1/s1. The van der Waals surface area contributed by atoms with Crippen LogP contribution in [0.1, 0.15) is 42.4 Å². The molecule has 0 saturated carbocycles. The zero-order chi connectivity index (χ0) is 24.8. The third-order valence-corrected chi connectivity index (χ3v) is 7.21. The van der Waals surface area contributed by atoms with Gasteiger partial charge in [-0.2, -0.15) is 0 Å². The van der Waals surface area contributed by atoms with Crippen LogP contribution in [0.2, 0.25) is 0 Å². The van der Waals surface area contributed by atoms with Gasteiger partial charge in [0.15, 0.2) is 0 Å². The molecule has 5 heteroatoms. The third kappa shape index (κ3) is 3.67. The Balaban J connectivity index is 1.61. The van der Waals surface area contributed by atoms with Crippen LogP contribution < -0.4 is 0 Å². The second kappa shape index (κ2) is 8.77. The summed E-state index contributed by atoms with van der Waals surface area (Å²) in [7, 11) is 0. The van der Waals surface area contributed by atoms with Gasteiger partial charge in [-0.15, -0.1) is 0 Å². The van der Waals surface area contributed by atoms with E-state index in [0.717, 1.165) is 16.7 Å². The molecule has 2 aliphatic heterocycles. The van der Waals surface area contributed by atoms with Crippen LogP contribution >= 0.6 is 0 Å². The molecule has 36 heavy (non-hydrogen) atoms. The van der Waals surface area contributed by atoms with Crippen molar-refractivity contribution in [1.82, 2.24) is 4.90 Å². The molecule has 2 aliphatic rings. The summed E-state index contributed by atoms with van der Waals surface area (Å²) in [5.74, 6) is 1.20. The molecule has 0 radical (unpaired) electrons. The highest BCUT2D eigenvalue weighted by Crippen LogP contribution is 2.55. The Hall–Kier alpha value is -3.67. The monoisotopic (exact) mass is 478 g/mol. The second-order valence-electron chi connectivity index (χ2n) is 10.2. The van der Waals surface area contributed by atoms with Crippen LogP contribution in [-0.2, 0) is 10.3 Å². The molecular formula is C31H30N2O3. The van der Waals surface area contributed by atoms with Crippen LogP contribution in [0.4, 0.5) is 0 Å². The van der Waals surface area contributed by atoms with E-state index in [1.807, 2.05) is 30.3 Å². The summed E-state index contributed by atoms with van der Waals surface area (Å²) in [4.78, 5) is 7.30. The molecule has 3 heterocycles. The minimum absolute atomic E-state index is 0.229. The van der Waals surface area contributed by atoms with E-state index in [4.69, 9.17) is 14.1 Å². The minimum atomic E-state index is -0.851. The Kier molecular flexibility index (Phi) is 5.55. The van der Waals surface area contributed by atoms with Crippen molar-refractivity contribution in [3.05, 3.63) is 132 Å². The molecule has 0 spiro atoms. The average molecular weight is 479 g/mol. The first-order valence-corrected chi connectivity index (χ1v) is 12.4. The van der Waals surface area contributed by atoms with Gasteiger partial charge in [-0.05, 0) is 42.7 Å². The molecule has 182 valence electrons. The first-order valence-electron chi connectivity index (χ1n) is 12.4. The molecular weight excluding hydrogens is 448 g/mol. The van der Waals surface area contributed by atoms with Crippen LogP contribution in [0.5, 0.6) is 0 Å². The average Bonchev–Trinajstić information content (AvgIpc) is 3.22. The molecule has 1 fully saturated rings. The Labute approximate surface area is 211 Å². The van der Waals surface area contributed by atoms with Gasteiger partial charge in [-0.3, -0.25) is 4.90 Å². The molecule has 0 bridgehead atoms. The molecule has 0 amide bonds. The Morgan fingerprint density at radius 2 is 1.36 bits per heavy atom. The highest BCUT2D eigenvalue weighted by atomic mass is 16.5. The number of furan rings is 1. The number of aliphatic hydroxyl groups excluding tert-OH is 1. The number of aliphatic imine (C=N–C) groups is 1. The summed E-state index contributed by atoms with van der Waals surface area (Å²) in [5, 5.41) is 11.6. The molecule has 3 aromatic carbocycles. The van der Waals surface area contributed by atoms with E-state index in [9.17, 15) is 5.11 Å². The first kappa shape index (κ1) is 22.8. The number of nitrogens with zero attached hydrogens (tertiary/aromatic N) is 2. The molecule has 1 aromatic heterocycles. The number of ether oxygens (including phenoxy) is 1. The van der Waals surface area contributed by atoms with Gasteiger partial charge in [-0.25, -0.2) is 4.99 Å². The van der Waals surface area contributed by atoms with Crippen molar-refractivity contribution < 1.29 is 14.3 Å². The summed E-state index contributed by atoms with van der Waals surface area (Å²) in [6.45, 7) is 4.66. The first-order chi connectivity index (χ1) is 17.5. The summed E-state index contributed by atoms with van der Waals surface area (Å²) in [6, 6.07) is 34.6. The summed E-state index contributed by atoms with van der Waals surface area (Å²) >= 11 is 0. The van der Waals surface area contributed by atoms with Gasteiger partial charge in [-0.1, -0.05) is 91.0 Å². The lowest BCUT2D eigenvalue weighted by Crippen LogP contribution is -2.41. The van der Waals surface area contributed by atoms with Crippen LogP contribution in [-0.4, -0.2) is 40.1 Å². The fourth-order valence-corrected chi connectivity index (χ4v) is 5.65.